The summed E-state index contributed by atoms with van der Waals surface area (Å²) in [5, 5.41) is 2.74. The summed E-state index contributed by atoms with van der Waals surface area (Å²) in [4.78, 5) is 42.4. The molecule has 1 N–H and O–H groups in total. The molecule has 2 heterocycles. The fraction of sp³-hybridized carbons (Fsp3) is 0.444. The molecule has 10 nitrogen and oxygen atoms in total. The number of amides is 1. The molecule has 0 radical (unpaired) electrons. The number of esters is 2. The van der Waals surface area contributed by atoms with Gasteiger partial charge in [-0.15, -0.1) is 13.2 Å². The van der Waals surface area contributed by atoms with Crippen molar-refractivity contribution in [1.82, 2.24) is 10.3 Å². The molecular formula is C36H41F3N2O8. The van der Waals surface area contributed by atoms with Gasteiger partial charge in [0.15, 0.2) is 17.2 Å². The second-order valence-corrected chi connectivity index (χ2v) is 11.9. The SMILES string of the molecule is COc1ccnc(C(=O)NC2CCCC(CCCc3ccccc3)C(Cc3ccc(OC(F)(F)F)cc3)C(C)OC2=O)c1OCOC(C)=O. The summed E-state index contributed by atoms with van der Waals surface area (Å²) < 4.78 is 63.8. The zero-order chi connectivity index (χ0) is 35.4. The third kappa shape index (κ3) is 11.4. The lowest BCUT2D eigenvalue weighted by molar-refractivity contribution is -0.274. The number of aryl methyl sites for hydroxylation is 1. The Bertz CT molecular complexity index is 1540. The molecule has 13 heteroatoms. The molecule has 1 aromatic heterocycles. The molecule has 0 bridgehead atoms. The Morgan fingerprint density at radius 2 is 1.76 bits per heavy atom. The van der Waals surface area contributed by atoms with E-state index in [0.29, 0.717) is 19.3 Å². The predicted octanol–water partition coefficient (Wildman–Crippen LogP) is 6.60. The molecule has 4 rings (SSSR count). The Labute approximate surface area is 283 Å². The Morgan fingerprint density at radius 1 is 1.02 bits per heavy atom. The summed E-state index contributed by atoms with van der Waals surface area (Å²) in [6.45, 7) is 2.54. The van der Waals surface area contributed by atoms with Gasteiger partial charge >= 0.3 is 18.3 Å². The number of aromatic nitrogens is 1. The van der Waals surface area contributed by atoms with Crippen LogP contribution in [0.2, 0.25) is 0 Å². The van der Waals surface area contributed by atoms with Crippen molar-refractivity contribution in [3.8, 4) is 17.2 Å². The molecule has 1 aliphatic rings. The first kappa shape index (κ1) is 37.0. The van der Waals surface area contributed by atoms with Crippen LogP contribution in [0, 0.1) is 11.8 Å². The topological polar surface area (TPSA) is 122 Å². The Morgan fingerprint density at radius 3 is 2.43 bits per heavy atom. The number of halogens is 3. The molecular weight excluding hydrogens is 645 g/mol. The summed E-state index contributed by atoms with van der Waals surface area (Å²) in [5.74, 6) is -2.12. The zero-order valence-electron chi connectivity index (χ0n) is 27.7. The van der Waals surface area contributed by atoms with E-state index < -0.39 is 43.1 Å². The Hall–Kier alpha value is -4.81. The third-order valence-corrected chi connectivity index (χ3v) is 8.45. The van der Waals surface area contributed by atoms with Crippen molar-refractivity contribution in [2.45, 2.75) is 77.3 Å². The fourth-order valence-electron chi connectivity index (χ4n) is 6.08. The lowest BCUT2D eigenvalue weighted by atomic mass is 9.77. The van der Waals surface area contributed by atoms with Crippen molar-refractivity contribution in [2.75, 3.05) is 13.9 Å². The van der Waals surface area contributed by atoms with Gasteiger partial charge in [-0.25, -0.2) is 9.78 Å². The molecule has 0 aliphatic carbocycles. The number of hydrogen-bond acceptors (Lipinski definition) is 9. The van der Waals surface area contributed by atoms with E-state index in [1.54, 1.807) is 12.1 Å². The summed E-state index contributed by atoms with van der Waals surface area (Å²) in [6, 6.07) is 16.3. The van der Waals surface area contributed by atoms with Crippen LogP contribution in [0.1, 0.15) is 67.6 Å². The number of hydrogen-bond donors (Lipinski definition) is 1. The quantitative estimate of drug-likeness (QED) is 0.157. The Balaban J connectivity index is 1.51. The first-order chi connectivity index (χ1) is 23.4. The number of ether oxygens (including phenoxy) is 5. The third-order valence-electron chi connectivity index (χ3n) is 8.45. The smallest absolute Gasteiger partial charge is 0.493 e. The minimum atomic E-state index is -4.79. The predicted molar refractivity (Wildman–Crippen MR) is 172 cm³/mol. The van der Waals surface area contributed by atoms with E-state index in [9.17, 15) is 27.6 Å². The maximum absolute atomic E-state index is 13.5. The van der Waals surface area contributed by atoms with Gasteiger partial charge in [0.1, 0.15) is 17.9 Å². The number of carbonyl (C=O) groups is 3. The van der Waals surface area contributed by atoms with Crippen LogP contribution in [-0.2, 0) is 31.9 Å². The van der Waals surface area contributed by atoms with E-state index in [1.807, 2.05) is 25.1 Å². The van der Waals surface area contributed by atoms with Gasteiger partial charge in [0.05, 0.1) is 7.11 Å². The summed E-state index contributed by atoms with van der Waals surface area (Å²) >= 11 is 0. The van der Waals surface area contributed by atoms with Crippen LogP contribution in [0.3, 0.4) is 0 Å². The number of rotatable bonds is 13. The minimum Gasteiger partial charge on any atom is -0.493 e. The molecule has 1 fully saturated rings. The van der Waals surface area contributed by atoms with E-state index in [-0.39, 0.29) is 34.8 Å². The average Bonchev–Trinajstić information content (AvgIpc) is 3.10. The molecule has 1 amide bonds. The molecule has 4 unspecified atom stereocenters. The molecule has 2 aromatic carbocycles. The second kappa shape index (κ2) is 17.5. The van der Waals surface area contributed by atoms with Gasteiger partial charge in [0, 0.05) is 25.1 Å². The van der Waals surface area contributed by atoms with Gasteiger partial charge in [0.25, 0.3) is 5.91 Å². The van der Waals surface area contributed by atoms with E-state index in [1.165, 1.54) is 44.0 Å². The Kier molecular flexibility index (Phi) is 13.3. The van der Waals surface area contributed by atoms with Gasteiger partial charge in [-0.05, 0) is 74.6 Å². The standard InChI is InChI=1S/C36H41F3N2O8/c1-23-29(21-26-15-17-28(18-16-26)49-36(37,38)39)27(12-7-11-25-9-5-4-6-10-25)13-8-14-30(35(44)48-23)41-34(43)32-33(47-22-46-24(2)42)31(45-3)19-20-40-32/h4-6,9-10,15-20,23,27,29-30H,7-8,11-14,21-22H2,1-3H3,(H,41,43). The monoisotopic (exact) mass is 686 g/mol. The molecule has 3 aromatic rings. The molecule has 1 saturated heterocycles. The second-order valence-electron chi connectivity index (χ2n) is 11.9. The fourth-order valence-corrected chi connectivity index (χ4v) is 6.08. The highest BCUT2D eigenvalue weighted by atomic mass is 19.4. The lowest BCUT2D eigenvalue weighted by Crippen LogP contribution is -2.43. The van der Waals surface area contributed by atoms with Gasteiger partial charge in [-0.2, -0.15) is 0 Å². The molecule has 4 atom stereocenters. The largest absolute Gasteiger partial charge is 0.573 e. The van der Waals surface area contributed by atoms with Gasteiger partial charge in [-0.1, -0.05) is 48.9 Å². The number of nitrogens with one attached hydrogen (secondary N) is 1. The number of cyclic esters (lactones) is 1. The summed E-state index contributed by atoms with van der Waals surface area (Å²) in [5.41, 5.74) is 1.83. The van der Waals surface area contributed by atoms with Crippen molar-refractivity contribution in [1.29, 1.82) is 0 Å². The normalized spacial score (nSPS) is 19.8. The van der Waals surface area contributed by atoms with Crippen LogP contribution >= 0.6 is 0 Å². The van der Waals surface area contributed by atoms with Crippen molar-refractivity contribution >= 4 is 17.8 Å². The van der Waals surface area contributed by atoms with Crippen molar-refractivity contribution < 1.29 is 51.2 Å². The van der Waals surface area contributed by atoms with Crippen molar-refractivity contribution in [3.63, 3.8) is 0 Å². The van der Waals surface area contributed by atoms with E-state index >= 15 is 0 Å². The first-order valence-corrected chi connectivity index (χ1v) is 16.1. The summed E-state index contributed by atoms with van der Waals surface area (Å²) in [7, 11) is 1.38. The highest BCUT2D eigenvalue weighted by Crippen LogP contribution is 2.35. The highest BCUT2D eigenvalue weighted by Gasteiger charge is 2.35. The number of carbonyl (C=O) groups excluding carboxylic acids is 3. The maximum Gasteiger partial charge on any atom is 0.573 e. The van der Waals surface area contributed by atoms with Crippen LogP contribution in [-0.4, -0.2) is 55.2 Å². The van der Waals surface area contributed by atoms with Crippen molar-refractivity contribution in [2.24, 2.45) is 11.8 Å². The van der Waals surface area contributed by atoms with E-state index in [0.717, 1.165) is 31.2 Å². The number of methoxy groups -OCH3 is 1. The van der Waals surface area contributed by atoms with E-state index in [2.05, 4.69) is 27.2 Å². The van der Waals surface area contributed by atoms with Crippen LogP contribution in [0.5, 0.6) is 17.2 Å². The number of benzene rings is 2. The molecule has 0 saturated carbocycles. The van der Waals surface area contributed by atoms with E-state index in [4.69, 9.17) is 18.9 Å². The number of alkyl halides is 3. The maximum atomic E-state index is 13.5. The molecule has 49 heavy (non-hydrogen) atoms. The van der Waals surface area contributed by atoms with Gasteiger partial charge in [0.2, 0.25) is 6.79 Å². The van der Waals surface area contributed by atoms with Gasteiger partial charge in [-0.3, -0.25) is 9.59 Å². The number of pyridine rings is 1. The average molecular weight is 687 g/mol. The molecule has 1 aliphatic heterocycles. The molecule has 264 valence electrons. The van der Waals surface area contributed by atoms with Crippen LogP contribution in [0.25, 0.3) is 0 Å². The minimum absolute atomic E-state index is 0.0567. The zero-order valence-corrected chi connectivity index (χ0v) is 27.7. The van der Waals surface area contributed by atoms with Crippen LogP contribution in [0.4, 0.5) is 13.2 Å². The van der Waals surface area contributed by atoms with Crippen LogP contribution in [0.15, 0.2) is 66.9 Å². The molecule has 0 spiro atoms. The lowest BCUT2D eigenvalue weighted by Gasteiger charge is -2.31. The summed E-state index contributed by atoms with van der Waals surface area (Å²) in [6.07, 6.45) is 0.676. The first-order valence-electron chi connectivity index (χ1n) is 16.1. The van der Waals surface area contributed by atoms with Gasteiger partial charge < -0.3 is 29.0 Å². The number of nitrogens with zero attached hydrogens (tertiary/aromatic N) is 1. The van der Waals surface area contributed by atoms with Crippen LogP contribution < -0.4 is 19.5 Å². The highest BCUT2D eigenvalue weighted by molar-refractivity contribution is 5.98. The van der Waals surface area contributed by atoms with Crippen molar-refractivity contribution in [3.05, 3.63) is 83.7 Å².